The molecule has 1 aliphatic heterocycles. The van der Waals surface area contributed by atoms with Gasteiger partial charge in [0.2, 0.25) is 0 Å². The topological polar surface area (TPSA) is 54.3 Å². The minimum Gasteiger partial charge on any atom is -0.368 e. The van der Waals surface area contributed by atoms with Gasteiger partial charge < -0.3 is 9.80 Å². The molecule has 0 N–H and O–H groups in total. The third-order valence-corrected chi connectivity index (χ3v) is 5.59. The van der Waals surface area contributed by atoms with Crippen molar-refractivity contribution in [1.82, 2.24) is 19.7 Å². The fourth-order valence-corrected chi connectivity index (χ4v) is 3.86. The first kappa shape index (κ1) is 19.4. The molecule has 0 spiro atoms. The van der Waals surface area contributed by atoms with E-state index >= 15 is 0 Å². The second-order valence-corrected chi connectivity index (χ2v) is 8.28. The van der Waals surface area contributed by atoms with Crippen LogP contribution in [-0.4, -0.2) is 51.8 Å². The lowest BCUT2D eigenvalue weighted by Gasteiger charge is -2.36. The molecule has 2 aromatic heterocycles. The molecule has 1 fully saturated rings. The number of piperazine rings is 1. The Morgan fingerprint density at radius 1 is 1.00 bits per heavy atom. The van der Waals surface area contributed by atoms with Crippen LogP contribution in [-0.2, 0) is 0 Å². The van der Waals surface area contributed by atoms with E-state index in [-0.39, 0.29) is 17.9 Å². The number of amides is 1. The fraction of sp³-hybridized carbons (Fsp3) is 0.435. The van der Waals surface area contributed by atoms with Gasteiger partial charge in [0, 0.05) is 43.6 Å². The Kier molecular flexibility index (Phi) is 5.26. The normalized spacial score (nSPS) is 15.0. The van der Waals surface area contributed by atoms with Crippen LogP contribution in [0.5, 0.6) is 0 Å². The van der Waals surface area contributed by atoms with Gasteiger partial charge in [0.05, 0.1) is 17.1 Å². The van der Waals surface area contributed by atoms with Crippen molar-refractivity contribution in [2.75, 3.05) is 31.1 Å². The van der Waals surface area contributed by atoms with Crippen LogP contribution in [0.3, 0.4) is 0 Å². The van der Waals surface area contributed by atoms with Crippen molar-refractivity contribution >= 4 is 22.6 Å². The molecule has 0 unspecified atom stereocenters. The summed E-state index contributed by atoms with van der Waals surface area (Å²) in [6.45, 7) is 11.5. The third-order valence-electron chi connectivity index (χ3n) is 5.59. The SMILES string of the molecule is CC(C)c1cc(C(=O)N2CCN(c3ccccc3)CC2)c2cnn(C(C)C)c2n1. The highest BCUT2D eigenvalue weighted by atomic mass is 16.2. The van der Waals surface area contributed by atoms with Gasteiger partial charge in [0.15, 0.2) is 5.65 Å². The summed E-state index contributed by atoms with van der Waals surface area (Å²) in [5, 5.41) is 5.36. The maximum Gasteiger partial charge on any atom is 0.254 e. The highest BCUT2D eigenvalue weighted by Gasteiger charge is 2.26. The molecule has 1 aromatic carbocycles. The molecular formula is C23H29N5O. The summed E-state index contributed by atoms with van der Waals surface area (Å²) < 4.78 is 1.91. The first-order valence-corrected chi connectivity index (χ1v) is 10.4. The number of para-hydroxylation sites is 1. The smallest absolute Gasteiger partial charge is 0.254 e. The summed E-state index contributed by atoms with van der Waals surface area (Å²) in [7, 11) is 0. The zero-order valence-electron chi connectivity index (χ0n) is 17.7. The van der Waals surface area contributed by atoms with Crippen molar-refractivity contribution in [3.8, 4) is 0 Å². The van der Waals surface area contributed by atoms with Crippen LogP contribution in [0.2, 0.25) is 0 Å². The highest BCUT2D eigenvalue weighted by Crippen LogP contribution is 2.26. The molecule has 152 valence electrons. The minimum absolute atomic E-state index is 0.0790. The summed E-state index contributed by atoms with van der Waals surface area (Å²) in [6, 6.07) is 12.5. The molecule has 0 radical (unpaired) electrons. The van der Waals surface area contributed by atoms with Crippen LogP contribution >= 0.6 is 0 Å². The number of pyridine rings is 1. The highest BCUT2D eigenvalue weighted by molar-refractivity contribution is 6.05. The summed E-state index contributed by atoms with van der Waals surface area (Å²) in [5.41, 5.74) is 3.67. The van der Waals surface area contributed by atoms with E-state index in [9.17, 15) is 4.79 Å². The standard InChI is InChI=1S/C23H29N5O/c1-16(2)21-14-19(20-15-24-28(17(3)4)22(20)25-21)23(29)27-12-10-26(11-13-27)18-8-6-5-7-9-18/h5-9,14-17H,10-13H2,1-4H3. The molecule has 1 saturated heterocycles. The molecule has 1 amide bonds. The largest absolute Gasteiger partial charge is 0.368 e. The van der Waals surface area contributed by atoms with Gasteiger partial charge in [-0.1, -0.05) is 32.0 Å². The first-order valence-electron chi connectivity index (χ1n) is 10.4. The van der Waals surface area contributed by atoms with Crippen molar-refractivity contribution in [2.45, 2.75) is 39.7 Å². The Labute approximate surface area is 172 Å². The lowest BCUT2D eigenvalue weighted by atomic mass is 10.0. The number of hydrogen-bond acceptors (Lipinski definition) is 4. The van der Waals surface area contributed by atoms with Crippen molar-refractivity contribution in [1.29, 1.82) is 0 Å². The molecule has 0 atom stereocenters. The number of carbonyl (C=O) groups is 1. The average molecular weight is 392 g/mol. The number of rotatable bonds is 4. The van der Waals surface area contributed by atoms with Crippen LogP contribution in [0.25, 0.3) is 11.0 Å². The maximum absolute atomic E-state index is 13.5. The van der Waals surface area contributed by atoms with Crippen molar-refractivity contribution in [2.24, 2.45) is 0 Å². The van der Waals surface area contributed by atoms with Crippen molar-refractivity contribution in [3.63, 3.8) is 0 Å². The Hall–Kier alpha value is -2.89. The van der Waals surface area contributed by atoms with E-state index in [1.165, 1.54) is 5.69 Å². The van der Waals surface area contributed by atoms with Gasteiger partial charge in [-0.05, 0) is 38.0 Å². The molecule has 3 aromatic rings. The zero-order chi connectivity index (χ0) is 20.5. The summed E-state index contributed by atoms with van der Waals surface area (Å²) in [5.74, 6) is 0.326. The van der Waals surface area contributed by atoms with Gasteiger partial charge in [0.25, 0.3) is 5.91 Å². The second-order valence-electron chi connectivity index (χ2n) is 8.28. The summed E-state index contributed by atoms with van der Waals surface area (Å²) in [4.78, 5) is 22.6. The third kappa shape index (κ3) is 3.71. The van der Waals surface area contributed by atoms with E-state index in [4.69, 9.17) is 4.98 Å². The number of fused-ring (bicyclic) bond motifs is 1. The number of aromatic nitrogens is 3. The molecule has 6 heteroatoms. The predicted molar refractivity (Wildman–Crippen MR) is 117 cm³/mol. The van der Waals surface area contributed by atoms with Gasteiger partial charge in [-0.25, -0.2) is 9.67 Å². The first-order chi connectivity index (χ1) is 14.0. The van der Waals surface area contributed by atoms with E-state index in [1.807, 2.05) is 21.7 Å². The lowest BCUT2D eigenvalue weighted by molar-refractivity contribution is 0.0748. The Morgan fingerprint density at radius 3 is 2.31 bits per heavy atom. The Morgan fingerprint density at radius 2 is 1.69 bits per heavy atom. The lowest BCUT2D eigenvalue weighted by Crippen LogP contribution is -2.48. The number of carbonyl (C=O) groups excluding carboxylic acids is 1. The molecule has 3 heterocycles. The van der Waals surface area contributed by atoms with Crippen LogP contribution < -0.4 is 4.90 Å². The van der Waals surface area contributed by atoms with E-state index in [0.29, 0.717) is 13.1 Å². The Balaban J connectivity index is 1.62. The molecule has 4 rings (SSSR count). The van der Waals surface area contributed by atoms with E-state index in [0.717, 1.165) is 35.4 Å². The number of hydrogen-bond donors (Lipinski definition) is 0. The molecule has 1 aliphatic rings. The van der Waals surface area contributed by atoms with Crippen LogP contribution in [0.15, 0.2) is 42.6 Å². The molecule has 6 nitrogen and oxygen atoms in total. The van der Waals surface area contributed by atoms with Crippen LogP contribution in [0, 0.1) is 0 Å². The van der Waals surface area contributed by atoms with Crippen LogP contribution in [0.1, 0.15) is 55.7 Å². The van der Waals surface area contributed by atoms with Gasteiger partial charge in [0.1, 0.15) is 0 Å². The van der Waals surface area contributed by atoms with Crippen LogP contribution in [0.4, 0.5) is 5.69 Å². The van der Waals surface area contributed by atoms with Crippen molar-refractivity contribution in [3.05, 3.63) is 53.9 Å². The molecular weight excluding hydrogens is 362 g/mol. The molecule has 0 bridgehead atoms. The van der Waals surface area contributed by atoms with Gasteiger partial charge in [-0.3, -0.25) is 4.79 Å². The van der Waals surface area contributed by atoms with Gasteiger partial charge in [-0.2, -0.15) is 5.10 Å². The van der Waals surface area contributed by atoms with Crippen molar-refractivity contribution < 1.29 is 4.79 Å². The monoisotopic (exact) mass is 391 g/mol. The van der Waals surface area contributed by atoms with Gasteiger partial charge in [-0.15, -0.1) is 0 Å². The molecule has 0 aliphatic carbocycles. The number of nitrogens with zero attached hydrogens (tertiary/aromatic N) is 5. The number of anilines is 1. The summed E-state index contributed by atoms with van der Waals surface area (Å²) >= 11 is 0. The fourth-order valence-electron chi connectivity index (χ4n) is 3.86. The quantitative estimate of drug-likeness (QED) is 0.672. The zero-order valence-corrected chi connectivity index (χ0v) is 17.7. The van der Waals surface area contributed by atoms with E-state index in [1.54, 1.807) is 6.20 Å². The second kappa shape index (κ2) is 7.85. The minimum atomic E-state index is 0.0790. The maximum atomic E-state index is 13.5. The average Bonchev–Trinajstić information content (AvgIpc) is 3.17. The van der Waals surface area contributed by atoms with E-state index in [2.05, 4.69) is 62.0 Å². The van der Waals surface area contributed by atoms with Gasteiger partial charge >= 0.3 is 0 Å². The molecule has 0 saturated carbocycles. The molecule has 29 heavy (non-hydrogen) atoms. The predicted octanol–water partition coefficient (Wildman–Crippen LogP) is 4.10. The number of benzene rings is 1. The summed E-state index contributed by atoms with van der Waals surface area (Å²) in [6.07, 6.45) is 1.79. The van der Waals surface area contributed by atoms with E-state index < -0.39 is 0 Å². The Bertz CT molecular complexity index is 1000.